The van der Waals surface area contributed by atoms with E-state index in [1.54, 1.807) is 25.3 Å². The summed E-state index contributed by atoms with van der Waals surface area (Å²) in [5.74, 6) is 1.32. The first-order chi connectivity index (χ1) is 19.7. The summed E-state index contributed by atoms with van der Waals surface area (Å²) in [6.07, 6.45) is 0. The number of carbonyl (C=O) groups excluding carboxylic acids is 2. The average molecular weight is 558 g/mol. The molecular weight excluding hydrogens is 526 g/mol. The van der Waals surface area contributed by atoms with E-state index < -0.39 is 10.7 Å². The van der Waals surface area contributed by atoms with Crippen LogP contribution < -0.4 is 18.9 Å². The highest BCUT2D eigenvalue weighted by atomic mass is 16.6. The van der Waals surface area contributed by atoms with Crippen LogP contribution in [0.2, 0.25) is 0 Å². The highest BCUT2D eigenvalue weighted by molar-refractivity contribution is 5.99. The number of methoxy groups -OCH3 is 2. The van der Waals surface area contributed by atoms with Gasteiger partial charge >= 0.3 is 0 Å². The monoisotopic (exact) mass is 557 g/mol. The molecule has 0 atom stereocenters. The summed E-state index contributed by atoms with van der Waals surface area (Å²) >= 11 is 0. The van der Waals surface area contributed by atoms with Crippen molar-refractivity contribution in [3.63, 3.8) is 0 Å². The predicted octanol–water partition coefficient (Wildman–Crippen LogP) is 6.86. The molecule has 0 aromatic heterocycles. The van der Waals surface area contributed by atoms with Gasteiger partial charge in [-0.2, -0.15) is 0 Å². The van der Waals surface area contributed by atoms with Gasteiger partial charge in [-0.05, 0) is 43.2 Å². The van der Waals surface area contributed by atoms with Crippen LogP contribution in [-0.4, -0.2) is 30.7 Å². The molecule has 4 aromatic carbocycles. The molecule has 41 heavy (non-hydrogen) atoms. The summed E-state index contributed by atoms with van der Waals surface area (Å²) in [6, 6.07) is 27.0. The Morgan fingerprint density at radius 3 is 1.63 bits per heavy atom. The van der Waals surface area contributed by atoms with Crippen LogP contribution in [0.3, 0.4) is 0 Å². The maximum absolute atomic E-state index is 11.5. The van der Waals surface area contributed by atoms with E-state index in [1.807, 2.05) is 60.7 Å². The Bertz CT molecular complexity index is 1490. The standard InChI is InChI=1S/C16H15NO5.C16H16O3/c1-11(18)13-8-15(21-2)16(9-14(13)17(19)20)22-10-12-6-4-3-5-7-12;1-12(17)14-8-9-15(16(10-14)18-2)19-11-13-6-4-3-5-7-13/h3-9H,10H2,1-2H3;3-10H,11H2,1-2H3. The van der Waals surface area contributed by atoms with Gasteiger partial charge in [0, 0.05) is 11.6 Å². The van der Waals surface area contributed by atoms with E-state index in [-0.39, 0.29) is 35.1 Å². The lowest BCUT2D eigenvalue weighted by molar-refractivity contribution is -0.385. The van der Waals surface area contributed by atoms with Gasteiger partial charge in [0.25, 0.3) is 5.69 Å². The summed E-state index contributed by atoms with van der Waals surface area (Å²) in [4.78, 5) is 33.3. The van der Waals surface area contributed by atoms with Gasteiger partial charge < -0.3 is 18.9 Å². The maximum atomic E-state index is 11.5. The second kappa shape index (κ2) is 14.8. The summed E-state index contributed by atoms with van der Waals surface area (Å²) < 4.78 is 21.7. The highest BCUT2D eigenvalue weighted by Crippen LogP contribution is 2.35. The zero-order chi connectivity index (χ0) is 29.8. The Kier molecular flexibility index (Phi) is 11.0. The maximum Gasteiger partial charge on any atom is 0.284 e. The van der Waals surface area contributed by atoms with Gasteiger partial charge in [-0.15, -0.1) is 0 Å². The molecule has 212 valence electrons. The molecule has 0 aliphatic heterocycles. The molecule has 0 aliphatic carbocycles. The lowest BCUT2D eigenvalue weighted by atomic mass is 10.1. The van der Waals surface area contributed by atoms with Crippen LogP contribution in [0.5, 0.6) is 23.0 Å². The summed E-state index contributed by atoms with van der Waals surface area (Å²) in [7, 11) is 2.98. The molecule has 0 spiro atoms. The minimum Gasteiger partial charge on any atom is -0.493 e. The van der Waals surface area contributed by atoms with Crippen LogP contribution in [0.15, 0.2) is 91.0 Å². The Hall–Kier alpha value is -5.18. The van der Waals surface area contributed by atoms with Gasteiger partial charge in [0.15, 0.2) is 34.6 Å². The molecule has 9 heteroatoms. The summed E-state index contributed by atoms with van der Waals surface area (Å²) in [6.45, 7) is 3.51. The molecule has 9 nitrogen and oxygen atoms in total. The molecule has 0 saturated carbocycles. The average Bonchev–Trinajstić information content (AvgIpc) is 2.99. The zero-order valence-electron chi connectivity index (χ0n) is 23.3. The summed E-state index contributed by atoms with van der Waals surface area (Å²) in [5.41, 5.74) is 2.32. The van der Waals surface area contributed by atoms with Crippen molar-refractivity contribution < 1.29 is 33.5 Å². The molecule has 0 unspecified atom stereocenters. The number of ether oxygens (including phenoxy) is 4. The first kappa shape index (κ1) is 30.4. The molecular formula is C32H31NO8. The van der Waals surface area contributed by atoms with Gasteiger partial charge in [-0.3, -0.25) is 19.7 Å². The fraction of sp³-hybridized carbons (Fsp3) is 0.188. The largest absolute Gasteiger partial charge is 0.493 e. The van der Waals surface area contributed by atoms with E-state index in [1.165, 1.54) is 33.1 Å². The number of Topliss-reactive ketones (excluding diaryl/α,β-unsaturated/α-hetero) is 2. The first-order valence-corrected chi connectivity index (χ1v) is 12.6. The molecule has 0 N–H and O–H groups in total. The normalized spacial score (nSPS) is 10.0. The Balaban J connectivity index is 0.000000228. The van der Waals surface area contributed by atoms with Crippen molar-refractivity contribution in [3.8, 4) is 23.0 Å². The number of hydrogen-bond donors (Lipinski definition) is 0. The number of nitro groups is 1. The Morgan fingerprint density at radius 2 is 1.17 bits per heavy atom. The van der Waals surface area contributed by atoms with Crippen LogP contribution in [0.4, 0.5) is 5.69 Å². The van der Waals surface area contributed by atoms with Crippen LogP contribution >= 0.6 is 0 Å². The molecule has 4 aromatic rings. The minimum absolute atomic E-state index is 0.00564. The number of benzene rings is 4. The summed E-state index contributed by atoms with van der Waals surface area (Å²) in [5, 5.41) is 11.1. The number of ketones is 2. The predicted molar refractivity (Wildman–Crippen MR) is 154 cm³/mol. The van der Waals surface area contributed by atoms with Crippen LogP contribution in [-0.2, 0) is 13.2 Å². The van der Waals surface area contributed by atoms with Crippen molar-refractivity contribution in [2.75, 3.05) is 14.2 Å². The third kappa shape index (κ3) is 8.66. The lowest BCUT2D eigenvalue weighted by Crippen LogP contribution is -2.04. The van der Waals surface area contributed by atoms with Gasteiger partial charge in [0.1, 0.15) is 13.2 Å². The second-order valence-electron chi connectivity index (χ2n) is 8.80. The molecule has 0 saturated heterocycles. The SMILES string of the molecule is COc1cc(C(C)=O)c([N+](=O)[O-])cc1OCc1ccccc1.COc1cc(C(C)=O)ccc1OCc1ccccc1. The van der Waals surface area contributed by atoms with E-state index in [0.717, 1.165) is 11.1 Å². The molecule has 0 bridgehead atoms. The lowest BCUT2D eigenvalue weighted by Gasteiger charge is -2.12. The number of nitro benzene ring substituents is 1. The fourth-order valence-electron chi connectivity index (χ4n) is 3.73. The zero-order valence-corrected chi connectivity index (χ0v) is 23.3. The Morgan fingerprint density at radius 1 is 0.659 bits per heavy atom. The van der Waals surface area contributed by atoms with Crippen LogP contribution in [0.1, 0.15) is 45.7 Å². The van der Waals surface area contributed by atoms with Crippen molar-refractivity contribution in [2.24, 2.45) is 0 Å². The van der Waals surface area contributed by atoms with E-state index in [0.29, 0.717) is 23.7 Å². The van der Waals surface area contributed by atoms with Crippen LogP contribution in [0.25, 0.3) is 0 Å². The minimum atomic E-state index is -0.606. The van der Waals surface area contributed by atoms with Gasteiger partial charge in [0.05, 0.1) is 30.8 Å². The van der Waals surface area contributed by atoms with E-state index in [9.17, 15) is 19.7 Å². The molecule has 0 amide bonds. The van der Waals surface area contributed by atoms with Crippen molar-refractivity contribution in [1.29, 1.82) is 0 Å². The third-order valence-electron chi connectivity index (χ3n) is 5.90. The molecule has 0 radical (unpaired) electrons. The molecule has 0 aliphatic rings. The van der Waals surface area contributed by atoms with Gasteiger partial charge in [-0.25, -0.2) is 0 Å². The third-order valence-corrected chi connectivity index (χ3v) is 5.90. The van der Waals surface area contributed by atoms with Crippen LogP contribution in [0, 0.1) is 10.1 Å². The van der Waals surface area contributed by atoms with Crippen molar-refractivity contribution in [3.05, 3.63) is 123 Å². The first-order valence-electron chi connectivity index (χ1n) is 12.6. The van der Waals surface area contributed by atoms with Crippen molar-refractivity contribution in [2.45, 2.75) is 27.1 Å². The van der Waals surface area contributed by atoms with Crippen molar-refractivity contribution >= 4 is 17.3 Å². The molecule has 0 fully saturated rings. The van der Waals surface area contributed by atoms with E-state index in [2.05, 4.69) is 0 Å². The molecule has 0 heterocycles. The quantitative estimate of drug-likeness (QED) is 0.112. The molecule has 4 rings (SSSR count). The van der Waals surface area contributed by atoms with E-state index in [4.69, 9.17) is 18.9 Å². The highest BCUT2D eigenvalue weighted by Gasteiger charge is 2.22. The van der Waals surface area contributed by atoms with Gasteiger partial charge in [-0.1, -0.05) is 60.7 Å². The van der Waals surface area contributed by atoms with Gasteiger partial charge in [0.2, 0.25) is 0 Å². The fourth-order valence-corrected chi connectivity index (χ4v) is 3.73. The smallest absolute Gasteiger partial charge is 0.284 e. The number of carbonyl (C=O) groups is 2. The number of hydrogen-bond acceptors (Lipinski definition) is 8. The van der Waals surface area contributed by atoms with Crippen molar-refractivity contribution in [1.82, 2.24) is 0 Å². The van der Waals surface area contributed by atoms with E-state index >= 15 is 0 Å². The topological polar surface area (TPSA) is 114 Å². The Labute approximate surface area is 238 Å². The number of nitrogens with zero attached hydrogens (tertiary/aromatic N) is 1. The number of rotatable bonds is 11. The second-order valence-corrected chi connectivity index (χ2v) is 8.80.